The van der Waals surface area contributed by atoms with Crippen LogP contribution >= 0.6 is 0 Å². The fourth-order valence-electron chi connectivity index (χ4n) is 2.45. The molecule has 1 amide bonds. The lowest BCUT2D eigenvalue weighted by atomic mass is 10.1. The lowest BCUT2D eigenvalue weighted by Gasteiger charge is -2.17. The molecule has 0 radical (unpaired) electrons. The minimum atomic E-state index is -4.49. The van der Waals surface area contributed by atoms with Crippen molar-refractivity contribution in [2.75, 3.05) is 5.32 Å². The van der Waals surface area contributed by atoms with Gasteiger partial charge in [-0.2, -0.15) is 13.2 Å². The molecule has 1 N–H and O–H groups in total. The van der Waals surface area contributed by atoms with Gasteiger partial charge in [0.25, 0.3) is 0 Å². The van der Waals surface area contributed by atoms with Crippen molar-refractivity contribution in [3.05, 3.63) is 72.1 Å². The van der Waals surface area contributed by atoms with E-state index >= 15 is 0 Å². The van der Waals surface area contributed by atoms with Crippen molar-refractivity contribution in [2.24, 2.45) is 0 Å². The number of amides is 1. The first kappa shape index (κ1) is 17.6. The number of benzene rings is 2. The van der Waals surface area contributed by atoms with Crippen LogP contribution in [0.25, 0.3) is 0 Å². The monoisotopic (exact) mass is 361 g/mol. The maximum atomic E-state index is 12.8. The van der Waals surface area contributed by atoms with E-state index < -0.39 is 23.7 Å². The summed E-state index contributed by atoms with van der Waals surface area (Å²) in [5.74, 6) is -0.513. The Kier molecular flexibility index (Phi) is 4.97. The Hall–Kier alpha value is -3.23. The Morgan fingerprint density at radius 3 is 2.54 bits per heavy atom. The SMILES string of the molecule is O=C(Nc1cccc(C(F)(F)F)c1)[C@@H](Cc1ccccc1)n1cnnn1. The number of carbonyl (C=O) groups is 1. The number of rotatable bonds is 5. The second kappa shape index (κ2) is 7.34. The number of hydrogen-bond donors (Lipinski definition) is 1. The standard InChI is InChI=1S/C17H14F3N5O/c18-17(19,20)13-7-4-8-14(10-13)22-16(26)15(25-11-21-23-24-25)9-12-5-2-1-3-6-12/h1-8,10-11,15H,9H2,(H,22,26)/t15-/m1/s1. The highest BCUT2D eigenvalue weighted by molar-refractivity contribution is 5.93. The van der Waals surface area contributed by atoms with Crippen molar-refractivity contribution < 1.29 is 18.0 Å². The fraction of sp³-hybridized carbons (Fsp3) is 0.176. The second-order valence-corrected chi connectivity index (χ2v) is 5.56. The number of anilines is 1. The molecule has 3 rings (SSSR count). The van der Waals surface area contributed by atoms with Crippen LogP contribution in [-0.2, 0) is 17.4 Å². The van der Waals surface area contributed by atoms with Gasteiger partial charge in [-0.05, 0) is 34.2 Å². The van der Waals surface area contributed by atoms with Gasteiger partial charge < -0.3 is 5.32 Å². The Balaban J connectivity index is 1.82. The Morgan fingerprint density at radius 1 is 1.12 bits per heavy atom. The molecule has 1 heterocycles. The normalized spacial score (nSPS) is 12.6. The number of aromatic nitrogens is 4. The van der Waals surface area contributed by atoms with E-state index in [4.69, 9.17) is 0 Å². The smallest absolute Gasteiger partial charge is 0.324 e. The topological polar surface area (TPSA) is 72.7 Å². The van der Waals surface area contributed by atoms with Crippen LogP contribution in [0, 0.1) is 0 Å². The van der Waals surface area contributed by atoms with Crippen molar-refractivity contribution in [2.45, 2.75) is 18.6 Å². The molecular weight excluding hydrogens is 347 g/mol. The third-order valence-electron chi connectivity index (χ3n) is 3.72. The molecule has 0 saturated heterocycles. The molecule has 9 heteroatoms. The lowest BCUT2D eigenvalue weighted by Crippen LogP contribution is -2.28. The number of tetrazole rings is 1. The van der Waals surface area contributed by atoms with Crippen LogP contribution in [-0.4, -0.2) is 26.1 Å². The van der Waals surface area contributed by atoms with E-state index in [2.05, 4.69) is 20.8 Å². The molecule has 26 heavy (non-hydrogen) atoms. The van der Waals surface area contributed by atoms with Crippen molar-refractivity contribution in [1.29, 1.82) is 0 Å². The third kappa shape index (κ3) is 4.24. The first-order valence-electron chi connectivity index (χ1n) is 7.68. The quantitative estimate of drug-likeness (QED) is 0.758. The summed E-state index contributed by atoms with van der Waals surface area (Å²) in [5, 5.41) is 13.3. The lowest BCUT2D eigenvalue weighted by molar-refractivity contribution is -0.137. The summed E-state index contributed by atoms with van der Waals surface area (Å²) in [5.41, 5.74) is 0.0838. The molecule has 0 spiro atoms. The summed E-state index contributed by atoms with van der Waals surface area (Å²) in [6, 6.07) is 12.8. The van der Waals surface area contributed by atoms with Gasteiger partial charge in [0, 0.05) is 12.1 Å². The van der Waals surface area contributed by atoms with Gasteiger partial charge in [-0.25, -0.2) is 4.68 Å². The zero-order valence-electron chi connectivity index (χ0n) is 13.4. The second-order valence-electron chi connectivity index (χ2n) is 5.56. The summed E-state index contributed by atoms with van der Waals surface area (Å²) in [6.07, 6.45) is -2.91. The van der Waals surface area contributed by atoms with E-state index in [1.165, 1.54) is 23.1 Å². The third-order valence-corrected chi connectivity index (χ3v) is 3.72. The number of carbonyl (C=O) groups excluding carboxylic acids is 1. The number of hydrogen-bond acceptors (Lipinski definition) is 4. The summed E-state index contributed by atoms with van der Waals surface area (Å²) in [6.45, 7) is 0. The van der Waals surface area contributed by atoms with Gasteiger partial charge in [0.1, 0.15) is 12.4 Å². The summed E-state index contributed by atoms with van der Waals surface area (Å²) < 4.78 is 39.8. The van der Waals surface area contributed by atoms with Gasteiger partial charge in [0.05, 0.1) is 5.56 Å². The highest BCUT2D eigenvalue weighted by Gasteiger charge is 2.31. The summed E-state index contributed by atoms with van der Waals surface area (Å²) in [4.78, 5) is 12.7. The van der Waals surface area contributed by atoms with E-state index in [9.17, 15) is 18.0 Å². The van der Waals surface area contributed by atoms with Crippen LogP contribution in [0.3, 0.4) is 0 Å². The fourth-order valence-corrected chi connectivity index (χ4v) is 2.45. The molecule has 0 unspecified atom stereocenters. The molecule has 0 aliphatic carbocycles. The molecule has 1 atom stereocenters. The molecule has 134 valence electrons. The molecule has 0 bridgehead atoms. The summed E-state index contributed by atoms with van der Waals surface area (Å²) >= 11 is 0. The van der Waals surface area contributed by atoms with Crippen LogP contribution in [0.2, 0.25) is 0 Å². The van der Waals surface area contributed by atoms with E-state index in [-0.39, 0.29) is 12.1 Å². The molecule has 0 fully saturated rings. The van der Waals surface area contributed by atoms with Gasteiger partial charge >= 0.3 is 6.18 Å². The highest BCUT2D eigenvalue weighted by Crippen LogP contribution is 2.30. The minimum absolute atomic E-state index is 0.0518. The molecule has 1 aromatic heterocycles. The molecule has 0 saturated carbocycles. The zero-order chi connectivity index (χ0) is 18.6. The van der Waals surface area contributed by atoms with E-state index in [0.717, 1.165) is 17.7 Å². The maximum absolute atomic E-state index is 12.8. The minimum Gasteiger partial charge on any atom is -0.324 e. The van der Waals surface area contributed by atoms with Crippen LogP contribution in [0.4, 0.5) is 18.9 Å². The molecular formula is C17H14F3N5O. The first-order chi connectivity index (χ1) is 12.4. The highest BCUT2D eigenvalue weighted by atomic mass is 19.4. The number of alkyl halides is 3. The van der Waals surface area contributed by atoms with Crippen LogP contribution in [0.15, 0.2) is 60.9 Å². The Labute approximate surface area is 146 Å². The maximum Gasteiger partial charge on any atom is 0.416 e. The largest absolute Gasteiger partial charge is 0.416 e. The van der Waals surface area contributed by atoms with E-state index in [1.54, 1.807) is 0 Å². The zero-order valence-corrected chi connectivity index (χ0v) is 13.4. The number of nitrogens with zero attached hydrogens (tertiary/aromatic N) is 4. The van der Waals surface area contributed by atoms with Crippen molar-refractivity contribution in [3.8, 4) is 0 Å². The molecule has 2 aromatic carbocycles. The predicted molar refractivity (Wildman–Crippen MR) is 87.1 cm³/mol. The van der Waals surface area contributed by atoms with Crippen molar-refractivity contribution in [1.82, 2.24) is 20.2 Å². The Morgan fingerprint density at radius 2 is 1.88 bits per heavy atom. The van der Waals surface area contributed by atoms with Crippen LogP contribution in [0.1, 0.15) is 17.2 Å². The predicted octanol–water partition coefficient (Wildman–Crippen LogP) is 3.11. The van der Waals surface area contributed by atoms with Gasteiger partial charge in [-0.1, -0.05) is 36.4 Å². The first-order valence-corrected chi connectivity index (χ1v) is 7.68. The van der Waals surface area contributed by atoms with Gasteiger partial charge in [-0.3, -0.25) is 4.79 Å². The molecule has 6 nitrogen and oxygen atoms in total. The van der Waals surface area contributed by atoms with Gasteiger partial charge in [0.15, 0.2) is 0 Å². The van der Waals surface area contributed by atoms with Crippen LogP contribution < -0.4 is 5.32 Å². The summed E-state index contributed by atoms with van der Waals surface area (Å²) in [7, 11) is 0. The number of nitrogens with one attached hydrogen (secondary N) is 1. The van der Waals surface area contributed by atoms with Gasteiger partial charge in [0.2, 0.25) is 5.91 Å². The average molecular weight is 361 g/mol. The van der Waals surface area contributed by atoms with Gasteiger partial charge in [-0.15, -0.1) is 5.10 Å². The number of halogens is 3. The molecule has 0 aliphatic heterocycles. The molecule has 0 aliphatic rings. The van der Waals surface area contributed by atoms with Crippen molar-refractivity contribution >= 4 is 11.6 Å². The van der Waals surface area contributed by atoms with E-state index in [1.807, 2.05) is 30.3 Å². The average Bonchev–Trinajstić information content (AvgIpc) is 3.14. The Bertz CT molecular complexity index is 866. The van der Waals surface area contributed by atoms with Crippen molar-refractivity contribution in [3.63, 3.8) is 0 Å². The van der Waals surface area contributed by atoms with Crippen LogP contribution in [0.5, 0.6) is 0 Å². The van der Waals surface area contributed by atoms with E-state index in [0.29, 0.717) is 0 Å². The molecule has 3 aromatic rings.